The van der Waals surface area contributed by atoms with Crippen LogP contribution < -0.4 is 5.32 Å². The lowest BCUT2D eigenvalue weighted by atomic mass is 9.98. The summed E-state index contributed by atoms with van der Waals surface area (Å²) >= 11 is 0. The van der Waals surface area contributed by atoms with E-state index < -0.39 is 0 Å². The molecule has 3 N–H and O–H groups in total. The largest absolute Gasteiger partial charge is 0.321 e. The minimum Gasteiger partial charge on any atom is -0.321 e. The number of benzene rings is 1. The van der Waals surface area contributed by atoms with Crippen molar-refractivity contribution in [2.24, 2.45) is 0 Å². The van der Waals surface area contributed by atoms with Crippen LogP contribution in [0.2, 0.25) is 0 Å². The first-order valence-electron chi connectivity index (χ1n) is 10.0. The van der Waals surface area contributed by atoms with Gasteiger partial charge in [-0.25, -0.2) is 9.97 Å². The van der Waals surface area contributed by atoms with Crippen LogP contribution >= 0.6 is 0 Å². The summed E-state index contributed by atoms with van der Waals surface area (Å²) in [4.78, 5) is 17.1. The van der Waals surface area contributed by atoms with Crippen LogP contribution in [0.4, 0.5) is 0 Å². The summed E-state index contributed by atoms with van der Waals surface area (Å²) in [6, 6.07) is 14.2. The van der Waals surface area contributed by atoms with Crippen molar-refractivity contribution in [3.05, 3.63) is 66.5 Å². The summed E-state index contributed by atoms with van der Waals surface area (Å²) in [6.07, 6.45) is 6.85. The highest BCUT2D eigenvalue weighted by molar-refractivity contribution is 5.96. The van der Waals surface area contributed by atoms with Gasteiger partial charge in [-0.05, 0) is 54.4 Å². The molecule has 0 saturated carbocycles. The molecule has 0 fully saturated rings. The molecule has 7 nitrogen and oxygen atoms in total. The van der Waals surface area contributed by atoms with Crippen LogP contribution in [0.1, 0.15) is 12.0 Å². The number of fused-ring (bicyclic) bond motifs is 2. The molecule has 30 heavy (non-hydrogen) atoms. The Morgan fingerprint density at radius 3 is 2.83 bits per heavy atom. The molecule has 7 heteroatoms. The lowest BCUT2D eigenvalue weighted by Crippen LogP contribution is -2.19. The molecule has 0 radical (unpaired) electrons. The quantitative estimate of drug-likeness (QED) is 0.432. The normalized spacial score (nSPS) is 14.3. The number of nitrogens with zero attached hydrogens (tertiary/aromatic N) is 4. The van der Waals surface area contributed by atoms with E-state index >= 15 is 0 Å². The lowest BCUT2D eigenvalue weighted by Gasteiger charge is -2.14. The molecule has 0 spiro atoms. The molecule has 1 aromatic carbocycles. The first-order valence-corrected chi connectivity index (χ1v) is 10.0. The third kappa shape index (κ3) is 2.79. The van der Waals surface area contributed by atoms with Gasteiger partial charge in [0, 0.05) is 29.9 Å². The van der Waals surface area contributed by atoms with E-state index in [1.54, 1.807) is 12.4 Å². The van der Waals surface area contributed by atoms with Gasteiger partial charge in [-0.2, -0.15) is 5.10 Å². The number of pyridine rings is 2. The van der Waals surface area contributed by atoms with Crippen molar-refractivity contribution in [1.82, 2.24) is 35.5 Å². The van der Waals surface area contributed by atoms with E-state index in [4.69, 9.17) is 4.98 Å². The molecule has 6 rings (SSSR count). The van der Waals surface area contributed by atoms with Crippen molar-refractivity contribution in [2.45, 2.75) is 6.42 Å². The predicted octanol–water partition coefficient (Wildman–Crippen LogP) is 3.94. The van der Waals surface area contributed by atoms with E-state index in [9.17, 15) is 0 Å². The molecular weight excluding hydrogens is 374 g/mol. The minimum atomic E-state index is 0.698. The molecular formula is C23H19N7. The van der Waals surface area contributed by atoms with Crippen LogP contribution in [-0.2, 0) is 0 Å². The summed E-state index contributed by atoms with van der Waals surface area (Å²) in [7, 11) is 0. The zero-order chi connectivity index (χ0) is 19.9. The number of nitrogens with one attached hydrogen (secondary N) is 3. The second-order valence-corrected chi connectivity index (χ2v) is 7.37. The Morgan fingerprint density at radius 2 is 1.97 bits per heavy atom. The molecule has 0 amide bonds. The number of hydrogen-bond acceptors (Lipinski definition) is 5. The maximum atomic E-state index is 4.86. The average Bonchev–Trinajstić information content (AvgIpc) is 3.43. The number of rotatable bonds is 3. The summed E-state index contributed by atoms with van der Waals surface area (Å²) < 4.78 is 0. The van der Waals surface area contributed by atoms with Crippen LogP contribution in [0.5, 0.6) is 0 Å². The number of imidazole rings is 1. The van der Waals surface area contributed by atoms with Gasteiger partial charge in [0.05, 0.1) is 11.2 Å². The monoisotopic (exact) mass is 393 g/mol. The highest BCUT2D eigenvalue weighted by Crippen LogP contribution is 2.31. The van der Waals surface area contributed by atoms with E-state index in [-0.39, 0.29) is 0 Å². The highest BCUT2D eigenvalue weighted by atomic mass is 15.1. The molecule has 4 aromatic heterocycles. The van der Waals surface area contributed by atoms with Gasteiger partial charge in [-0.1, -0.05) is 18.2 Å². The lowest BCUT2D eigenvalue weighted by molar-refractivity contribution is 0.739. The average molecular weight is 393 g/mol. The Balaban J connectivity index is 1.50. The molecule has 5 aromatic rings. The molecule has 0 bridgehead atoms. The Morgan fingerprint density at radius 1 is 0.967 bits per heavy atom. The molecule has 0 atom stereocenters. The van der Waals surface area contributed by atoms with Crippen LogP contribution in [0.15, 0.2) is 60.9 Å². The first-order chi connectivity index (χ1) is 14.9. The third-order valence-electron chi connectivity index (χ3n) is 5.55. The fourth-order valence-corrected chi connectivity index (χ4v) is 4.03. The van der Waals surface area contributed by atoms with Crippen molar-refractivity contribution in [3.63, 3.8) is 0 Å². The zero-order valence-electron chi connectivity index (χ0n) is 16.2. The molecule has 5 heterocycles. The van der Waals surface area contributed by atoms with Gasteiger partial charge in [0.1, 0.15) is 11.2 Å². The maximum absolute atomic E-state index is 4.86. The van der Waals surface area contributed by atoms with Gasteiger partial charge in [-0.15, -0.1) is 0 Å². The fourth-order valence-electron chi connectivity index (χ4n) is 4.03. The third-order valence-corrected chi connectivity index (χ3v) is 5.55. The van der Waals surface area contributed by atoms with E-state index in [1.807, 2.05) is 24.3 Å². The topological polar surface area (TPSA) is 95.2 Å². The van der Waals surface area contributed by atoms with Crippen LogP contribution in [-0.4, -0.2) is 43.2 Å². The van der Waals surface area contributed by atoms with Crippen molar-refractivity contribution < 1.29 is 0 Å². The van der Waals surface area contributed by atoms with Gasteiger partial charge in [0.25, 0.3) is 0 Å². The number of hydrogen-bond donors (Lipinski definition) is 3. The van der Waals surface area contributed by atoms with E-state index in [2.05, 4.69) is 54.7 Å². The molecule has 1 aliphatic rings. The highest BCUT2D eigenvalue weighted by Gasteiger charge is 2.17. The predicted molar refractivity (Wildman–Crippen MR) is 118 cm³/mol. The first kappa shape index (κ1) is 17.1. The Labute approximate surface area is 172 Å². The number of aromatic nitrogens is 6. The number of aromatic amines is 2. The van der Waals surface area contributed by atoms with Crippen molar-refractivity contribution in [3.8, 4) is 22.8 Å². The molecule has 1 aliphatic heterocycles. The molecule has 0 aliphatic carbocycles. The smallest absolute Gasteiger partial charge is 0.160 e. The van der Waals surface area contributed by atoms with Gasteiger partial charge in [0.15, 0.2) is 11.5 Å². The SMILES string of the molecule is C1=C(c2ccc3[nH]nc(-c4nc5c(-c6ccccn6)ccnc5[nH]4)c3c2)CCNC1. The van der Waals surface area contributed by atoms with Gasteiger partial charge in [0.2, 0.25) is 0 Å². The van der Waals surface area contributed by atoms with Crippen LogP contribution in [0, 0.1) is 0 Å². The molecule has 0 saturated heterocycles. The van der Waals surface area contributed by atoms with E-state index in [0.717, 1.165) is 58.5 Å². The van der Waals surface area contributed by atoms with Crippen LogP contribution in [0.3, 0.4) is 0 Å². The molecule has 146 valence electrons. The van der Waals surface area contributed by atoms with E-state index in [0.29, 0.717) is 5.82 Å². The minimum absolute atomic E-state index is 0.698. The Hall–Kier alpha value is -3.84. The van der Waals surface area contributed by atoms with E-state index in [1.165, 1.54) is 11.1 Å². The molecule has 0 unspecified atom stereocenters. The fraction of sp³-hybridized carbons (Fsp3) is 0.130. The maximum Gasteiger partial charge on any atom is 0.160 e. The van der Waals surface area contributed by atoms with Gasteiger partial charge >= 0.3 is 0 Å². The van der Waals surface area contributed by atoms with Gasteiger partial charge in [-0.3, -0.25) is 10.1 Å². The van der Waals surface area contributed by atoms with Crippen molar-refractivity contribution in [1.29, 1.82) is 0 Å². The van der Waals surface area contributed by atoms with Gasteiger partial charge < -0.3 is 10.3 Å². The van der Waals surface area contributed by atoms with Crippen molar-refractivity contribution >= 4 is 27.6 Å². The number of H-pyrrole nitrogens is 2. The zero-order valence-corrected chi connectivity index (χ0v) is 16.2. The van der Waals surface area contributed by atoms with Crippen LogP contribution in [0.25, 0.3) is 50.4 Å². The Kier molecular flexibility index (Phi) is 3.92. The summed E-state index contributed by atoms with van der Waals surface area (Å²) in [5.41, 5.74) is 7.72. The summed E-state index contributed by atoms with van der Waals surface area (Å²) in [5, 5.41) is 12.1. The summed E-state index contributed by atoms with van der Waals surface area (Å²) in [5.74, 6) is 0.698. The van der Waals surface area contributed by atoms with Crippen molar-refractivity contribution in [2.75, 3.05) is 13.1 Å². The summed E-state index contributed by atoms with van der Waals surface area (Å²) in [6.45, 7) is 1.92. The second-order valence-electron chi connectivity index (χ2n) is 7.37. The Bertz CT molecular complexity index is 1400. The standard InChI is InChI=1S/C23H19N7/c1-2-9-25-18(3-1)16-8-12-26-22-20(16)27-23(28-22)21-17-13-15(4-5-19(17)29-30-21)14-6-10-24-11-7-14/h1-6,8-9,12-13,24H,7,10-11H2,(H,29,30)(H,26,27,28). The second kappa shape index (κ2) is 6.89.